The van der Waals surface area contributed by atoms with E-state index in [0.29, 0.717) is 17.2 Å². The molecule has 2 aromatic heterocycles. The summed E-state index contributed by atoms with van der Waals surface area (Å²) in [4.78, 5) is 15.1. The number of hydrogen-bond acceptors (Lipinski definition) is 4. The molecule has 0 saturated carbocycles. The first-order valence-corrected chi connectivity index (χ1v) is 4.77. The Morgan fingerprint density at radius 1 is 1.41 bits per heavy atom. The summed E-state index contributed by atoms with van der Waals surface area (Å²) in [5, 5.41) is 8.91. The second-order valence-corrected chi connectivity index (χ2v) is 3.35. The largest absolute Gasteiger partial charge is 0.396 e. The van der Waals surface area contributed by atoms with E-state index in [9.17, 15) is 4.79 Å². The first-order valence-electron chi connectivity index (χ1n) is 4.77. The van der Waals surface area contributed by atoms with Crippen LogP contribution in [0.15, 0.2) is 30.5 Å². The molecule has 0 aliphatic heterocycles. The molecule has 2 rings (SSSR count). The number of aromatic nitrogens is 2. The Hall–Kier alpha value is -2.81. The summed E-state index contributed by atoms with van der Waals surface area (Å²) in [6, 6.07) is 8.29. The average molecular weight is 227 g/mol. The third-order valence-corrected chi connectivity index (χ3v) is 2.25. The van der Waals surface area contributed by atoms with Gasteiger partial charge in [-0.3, -0.25) is 9.36 Å². The van der Waals surface area contributed by atoms with Gasteiger partial charge < -0.3 is 11.5 Å². The van der Waals surface area contributed by atoms with E-state index in [-0.39, 0.29) is 5.69 Å². The minimum atomic E-state index is -0.642. The van der Waals surface area contributed by atoms with Gasteiger partial charge in [-0.15, -0.1) is 0 Å². The summed E-state index contributed by atoms with van der Waals surface area (Å²) < 4.78 is 1.50. The number of rotatable bonds is 2. The Balaban J connectivity index is 2.63. The molecule has 2 heterocycles. The minimum absolute atomic E-state index is 0.104. The van der Waals surface area contributed by atoms with Crippen LogP contribution in [-0.2, 0) is 0 Å². The van der Waals surface area contributed by atoms with Crippen molar-refractivity contribution in [3.05, 3.63) is 41.9 Å². The molecule has 0 radical (unpaired) electrons. The zero-order valence-electron chi connectivity index (χ0n) is 8.79. The molecule has 0 fully saturated rings. The van der Waals surface area contributed by atoms with Crippen molar-refractivity contribution in [2.75, 3.05) is 5.73 Å². The van der Waals surface area contributed by atoms with Gasteiger partial charge in [0, 0.05) is 6.20 Å². The van der Waals surface area contributed by atoms with Crippen molar-refractivity contribution in [3.8, 4) is 11.9 Å². The molecule has 0 spiro atoms. The van der Waals surface area contributed by atoms with E-state index in [1.807, 2.05) is 6.07 Å². The third-order valence-electron chi connectivity index (χ3n) is 2.25. The van der Waals surface area contributed by atoms with E-state index in [4.69, 9.17) is 16.7 Å². The molecule has 1 amide bonds. The van der Waals surface area contributed by atoms with Crippen molar-refractivity contribution >= 4 is 11.6 Å². The molecule has 4 N–H and O–H groups in total. The van der Waals surface area contributed by atoms with Crippen LogP contribution in [0.4, 0.5) is 5.69 Å². The quantitative estimate of drug-likeness (QED) is 0.774. The van der Waals surface area contributed by atoms with Crippen LogP contribution in [0.5, 0.6) is 0 Å². The van der Waals surface area contributed by atoms with Crippen molar-refractivity contribution in [3.63, 3.8) is 0 Å². The van der Waals surface area contributed by atoms with Gasteiger partial charge in [0.1, 0.15) is 17.5 Å². The predicted molar refractivity (Wildman–Crippen MR) is 61.2 cm³/mol. The van der Waals surface area contributed by atoms with E-state index in [1.54, 1.807) is 18.3 Å². The molecule has 6 heteroatoms. The zero-order valence-corrected chi connectivity index (χ0v) is 8.79. The molecule has 0 atom stereocenters. The maximum Gasteiger partial charge on any atom is 0.267 e. The van der Waals surface area contributed by atoms with Crippen molar-refractivity contribution < 1.29 is 4.79 Å². The molecule has 0 saturated heterocycles. The minimum Gasteiger partial charge on any atom is -0.396 e. The number of carbonyl (C=O) groups is 1. The van der Waals surface area contributed by atoms with E-state index in [1.165, 1.54) is 16.7 Å². The fourth-order valence-electron chi connectivity index (χ4n) is 1.45. The molecular formula is C11H9N5O. The predicted octanol–water partition coefficient (Wildman–Crippen LogP) is 0.425. The van der Waals surface area contributed by atoms with E-state index < -0.39 is 5.91 Å². The summed E-state index contributed by atoms with van der Waals surface area (Å²) in [5.74, 6) is -0.320. The third kappa shape index (κ3) is 1.81. The smallest absolute Gasteiger partial charge is 0.267 e. The number of nitriles is 1. The Morgan fingerprint density at radius 2 is 2.18 bits per heavy atom. The molecular weight excluding hydrogens is 218 g/mol. The van der Waals surface area contributed by atoms with Gasteiger partial charge in [0.05, 0.1) is 5.69 Å². The lowest BCUT2D eigenvalue weighted by Crippen LogP contribution is -2.15. The van der Waals surface area contributed by atoms with Crippen LogP contribution in [-0.4, -0.2) is 15.5 Å². The molecule has 0 aromatic carbocycles. The second kappa shape index (κ2) is 3.98. The normalized spacial score (nSPS) is 9.82. The Morgan fingerprint density at radius 3 is 2.82 bits per heavy atom. The number of amides is 1. The molecule has 84 valence electrons. The van der Waals surface area contributed by atoms with Crippen LogP contribution in [0.25, 0.3) is 5.82 Å². The topological polar surface area (TPSA) is 111 Å². The highest BCUT2D eigenvalue weighted by Gasteiger charge is 2.10. The highest BCUT2D eigenvalue weighted by atomic mass is 16.1. The van der Waals surface area contributed by atoms with Gasteiger partial charge in [0.2, 0.25) is 0 Å². The van der Waals surface area contributed by atoms with Crippen molar-refractivity contribution in [1.82, 2.24) is 9.55 Å². The van der Waals surface area contributed by atoms with Crippen LogP contribution in [0.2, 0.25) is 0 Å². The molecule has 17 heavy (non-hydrogen) atoms. The van der Waals surface area contributed by atoms with E-state index in [0.717, 1.165) is 0 Å². The molecule has 0 aliphatic rings. The van der Waals surface area contributed by atoms with Gasteiger partial charge >= 0.3 is 0 Å². The highest BCUT2D eigenvalue weighted by molar-refractivity contribution is 5.91. The summed E-state index contributed by atoms with van der Waals surface area (Å²) in [5.41, 5.74) is 11.7. The lowest BCUT2D eigenvalue weighted by molar-refractivity contribution is 0.0995. The van der Waals surface area contributed by atoms with Crippen LogP contribution in [0.3, 0.4) is 0 Å². The highest BCUT2D eigenvalue weighted by Crippen LogP contribution is 2.17. The van der Waals surface area contributed by atoms with Gasteiger partial charge in [0.25, 0.3) is 5.91 Å². The number of primary amides is 1. The molecule has 0 unspecified atom stereocenters. The first-order chi connectivity index (χ1) is 8.13. The average Bonchev–Trinajstić information content (AvgIpc) is 2.77. The molecule has 0 aliphatic carbocycles. The van der Waals surface area contributed by atoms with Crippen LogP contribution in [0, 0.1) is 11.3 Å². The number of pyridine rings is 1. The summed E-state index contributed by atoms with van der Waals surface area (Å²) >= 11 is 0. The first kappa shape index (κ1) is 10.7. The number of nitrogens with zero attached hydrogens (tertiary/aromatic N) is 3. The van der Waals surface area contributed by atoms with Crippen LogP contribution >= 0.6 is 0 Å². The Labute approximate surface area is 97.1 Å². The molecule has 6 nitrogen and oxygen atoms in total. The maximum atomic E-state index is 11.0. The number of hydrogen-bond donors (Lipinski definition) is 2. The Kier molecular flexibility index (Phi) is 2.51. The summed E-state index contributed by atoms with van der Waals surface area (Å²) in [6.45, 7) is 0. The van der Waals surface area contributed by atoms with E-state index >= 15 is 0 Å². The van der Waals surface area contributed by atoms with Gasteiger partial charge in [0.15, 0.2) is 5.82 Å². The number of anilines is 1. The van der Waals surface area contributed by atoms with Crippen LogP contribution in [0.1, 0.15) is 16.2 Å². The van der Waals surface area contributed by atoms with Gasteiger partial charge in [-0.2, -0.15) is 5.26 Å². The monoisotopic (exact) mass is 227 g/mol. The standard InChI is InChI=1S/C11H9N5O/c12-6-7-2-1-5-16(7)11-8(13)3-4-9(15-11)10(14)17/h1-5H,13H2,(H2,14,17). The van der Waals surface area contributed by atoms with Gasteiger partial charge in [-0.25, -0.2) is 4.98 Å². The van der Waals surface area contributed by atoms with Crippen molar-refractivity contribution in [1.29, 1.82) is 5.26 Å². The van der Waals surface area contributed by atoms with Crippen LogP contribution < -0.4 is 11.5 Å². The van der Waals surface area contributed by atoms with Crippen molar-refractivity contribution in [2.24, 2.45) is 5.73 Å². The lowest BCUT2D eigenvalue weighted by Gasteiger charge is -2.08. The zero-order chi connectivity index (χ0) is 12.4. The van der Waals surface area contributed by atoms with Gasteiger partial charge in [-0.05, 0) is 24.3 Å². The van der Waals surface area contributed by atoms with E-state index in [2.05, 4.69) is 4.98 Å². The fraction of sp³-hybridized carbons (Fsp3) is 0. The summed E-state index contributed by atoms with van der Waals surface area (Å²) in [6.07, 6.45) is 1.64. The molecule has 0 bridgehead atoms. The maximum absolute atomic E-state index is 11.0. The number of nitrogen functional groups attached to an aromatic ring is 1. The number of nitrogens with two attached hydrogens (primary N) is 2. The lowest BCUT2D eigenvalue weighted by atomic mass is 10.3. The fourth-order valence-corrected chi connectivity index (χ4v) is 1.45. The Bertz CT molecular complexity index is 623. The number of carbonyl (C=O) groups excluding carboxylic acids is 1. The van der Waals surface area contributed by atoms with Crippen molar-refractivity contribution in [2.45, 2.75) is 0 Å². The second-order valence-electron chi connectivity index (χ2n) is 3.35. The summed E-state index contributed by atoms with van der Waals surface area (Å²) in [7, 11) is 0. The molecule has 2 aromatic rings. The van der Waals surface area contributed by atoms with Gasteiger partial charge in [-0.1, -0.05) is 0 Å². The SMILES string of the molecule is N#Cc1cccn1-c1nc(C(N)=O)ccc1N.